The third-order valence-corrected chi connectivity index (χ3v) is 29.1. The van der Waals surface area contributed by atoms with Gasteiger partial charge in [0.25, 0.3) is 0 Å². The highest BCUT2D eigenvalue weighted by Gasteiger charge is 2.28. The van der Waals surface area contributed by atoms with Gasteiger partial charge in [0.15, 0.2) is 23.3 Å². The van der Waals surface area contributed by atoms with Crippen molar-refractivity contribution in [2.45, 2.75) is 0 Å². The van der Waals surface area contributed by atoms with Crippen molar-refractivity contribution in [1.29, 1.82) is 0 Å². The number of benzene rings is 21. The van der Waals surface area contributed by atoms with Gasteiger partial charge in [-0.25, -0.2) is 9.97 Å². The molecule has 0 saturated heterocycles. The Labute approximate surface area is 790 Å². The van der Waals surface area contributed by atoms with Gasteiger partial charge >= 0.3 is 0 Å². The Morgan fingerprint density at radius 3 is 0.861 bits per heavy atom. The van der Waals surface area contributed by atoms with Crippen LogP contribution in [0, 0.1) is 0 Å². The molecule has 0 amide bonds. The van der Waals surface area contributed by atoms with Crippen LogP contribution in [-0.4, -0.2) is 48.2 Å². The first-order valence-corrected chi connectivity index (χ1v) is 47.3. The number of nitrogens with zero attached hydrogens (tertiary/aromatic N) is 10. The number of para-hydroxylation sites is 5. The molecule has 137 heavy (non-hydrogen) atoms. The van der Waals surface area contributed by atoms with E-state index in [2.05, 4.69) is 443 Å². The number of fused-ring (bicyclic) bond motifs is 23. The zero-order valence-electron chi connectivity index (χ0n) is 73.8. The van der Waals surface area contributed by atoms with E-state index in [-0.39, 0.29) is 0 Å². The molecular weight excluding hydrogens is 1690 g/mol. The highest BCUT2D eigenvalue weighted by Crippen LogP contribution is 2.49. The van der Waals surface area contributed by atoms with Crippen LogP contribution in [0.2, 0.25) is 0 Å². The molecular formula is C126H76N10S. The molecule has 0 spiro atoms. The molecule has 0 bridgehead atoms. The summed E-state index contributed by atoms with van der Waals surface area (Å²) in [4.78, 5) is 32.6. The summed E-state index contributed by atoms with van der Waals surface area (Å²) in [6.45, 7) is 0. The minimum atomic E-state index is 0.522. The summed E-state index contributed by atoms with van der Waals surface area (Å²) in [6, 6.07) is 167. The maximum atomic E-state index is 5.59. The van der Waals surface area contributed by atoms with Crippen LogP contribution in [0.15, 0.2) is 461 Å². The lowest BCUT2D eigenvalue weighted by Gasteiger charge is -2.14. The second-order valence-electron chi connectivity index (χ2n) is 35.5. The van der Waals surface area contributed by atoms with E-state index in [4.69, 9.17) is 29.9 Å². The quantitative estimate of drug-likeness (QED) is 0.101. The lowest BCUT2D eigenvalue weighted by molar-refractivity contribution is 0.953. The van der Waals surface area contributed by atoms with Crippen LogP contribution in [0.3, 0.4) is 0 Å². The van der Waals surface area contributed by atoms with Gasteiger partial charge in [0.1, 0.15) is 0 Å². The van der Waals surface area contributed by atoms with Gasteiger partial charge < -0.3 is 9.13 Å². The zero-order chi connectivity index (χ0) is 89.9. The molecule has 21 aromatic carbocycles. The molecule has 0 atom stereocenters. The van der Waals surface area contributed by atoms with Crippen molar-refractivity contribution >= 4 is 151 Å². The Kier molecular flexibility index (Phi) is 17.7. The molecule has 0 fully saturated rings. The molecule has 0 aliphatic carbocycles. The van der Waals surface area contributed by atoms with E-state index < -0.39 is 0 Å². The van der Waals surface area contributed by atoms with Crippen LogP contribution < -0.4 is 0 Å². The molecule has 10 nitrogen and oxygen atoms in total. The van der Waals surface area contributed by atoms with Crippen molar-refractivity contribution in [2.75, 3.05) is 0 Å². The fourth-order valence-electron chi connectivity index (χ4n) is 21.5. The summed E-state index contributed by atoms with van der Waals surface area (Å²) in [5.41, 5.74) is 27.7. The first-order valence-electron chi connectivity index (χ1n) is 46.4. The fraction of sp³-hybridized carbons (Fsp3) is 0. The summed E-state index contributed by atoms with van der Waals surface area (Å²) in [5.74, 6) is 3.37. The molecule has 0 N–H and O–H groups in total. The first-order chi connectivity index (χ1) is 67.9. The van der Waals surface area contributed by atoms with Crippen molar-refractivity contribution in [3.05, 3.63) is 461 Å². The molecule has 28 aromatic rings. The van der Waals surface area contributed by atoms with Crippen molar-refractivity contribution in [3.8, 4) is 136 Å². The van der Waals surface area contributed by atoms with Crippen LogP contribution in [-0.2, 0) is 0 Å². The van der Waals surface area contributed by atoms with E-state index in [0.29, 0.717) is 35.2 Å². The highest BCUT2D eigenvalue weighted by molar-refractivity contribution is 7.26. The van der Waals surface area contributed by atoms with Crippen LogP contribution in [0.4, 0.5) is 0 Å². The molecule has 0 aliphatic rings. The monoisotopic (exact) mass is 1760 g/mol. The Balaban J connectivity index is 0.499. The maximum absolute atomic E-state index is 5.59. The third kappa shape index (κ3) is 12.6. The van der Waals surface area contributed by atoms with Gasteiger partial charge in [0.2, 0.25) is 11.9 Å². The second kappa shape index (κ2) is 31.3. The fourth-order valence-corrected chi connectivity index (χ4v) is 22.7. The van der Waals surface area contributed by atoms with Gasteiger partial charge in [-0.3, -0.25) is 9.13 Å². The minimum absolute atomic E-state index is 0.522. The van der Waals surface area contributed by atoms with Crippen molar-refractivity contribution in [2.24, 2.45) is 0 Å². The van der Waals surface area contributed by atoms with Crippen LogP contribution in [0.25, 0.3) is 275 Å². The predicted octanol–water partition coefficient (Wildman–Crippen LogP) is 32.9. The van der Waals surface area contributed by atoms with Gasteiger partial charge in [-0.2, -0.15) is 19.9 Å². The molecule has 7 aromatic heterocycles. The normalized spacial score (nSPS) is 11.9. The van der Waals surface area contributed by atoms with Gasteiger partial charge in [-0.15, -0.1) is 11.3 Å². The molecule has 28 rings (SSSR count). The Morgan fingerprint density at radius 2 is 0.423 bits per heavy atom. The van der Waals surface area contributed by atoms with E-state index in [9.17, 15) is 0 Å². The lowest BCUT2D eigenvalue weighted by atomic mass is 9.90. The van der Waals surface area contributed by atoms with Gasteiger partial charge in [0.05, 0.1) is 44.1 Å². The van der Waals surface area contributed by atoms with Crippen LogP contribution >= 0.6 is 11.3 Å². The van der Waals surface area contributed by atoms with E-state index >= 15 is 0 Å². The SMILES string of the molecule is c1ccc(-c2nc(-c3ccc(-c4cccc(-c5cccc(-c6ccc(-n7c8ccccc8c8ccc9c%10ccccc%10n(-c%10nc(-c%11ccccc%11)nc(-c%11ccc(-c%12ccc%13c%14ccc(-c%15cccc(-c%16cccc%17c%16sc%16ccccc%16%17)c%15)cc%14c%14ccccc%14c%13c%12)cc%11)n%10)c9c87)cc6)c5)c4)cc3)nc(-n3c4ccccc4c4ccc5c6ccccc6n(-c6ccccc6)c5c43)n2)cc1. The van der Waals surface area contributed by atoms with E-state index in [1.54, 1.807) is 0 Å². The average molecular weight is 1760 g/mol. The van der Waals surface area contributed by atoms with Crippen molar-refractivity contribution in [1.82, 2.24) is 48.2 Å². The Hall–Kier alpha value is -18.2. The van der Waals surface area contributed by atoms with Crippen LogP contribution in [0.5, 0.6) is 0 Å². The summed E-state index contributed by atoms with van der Waals surface area (Å²) >= 11 is 1.88. The second-order valence-corrected chi connectivity index (χ2v) is 36.6. The molecule has 0 radical (unpaired) electrons. The molecule has 0 saturated carbocycles. The van der Waals surface area contributed by atoms with Gasteiger partial charge in [-0.1, -0.05) is 376 Å². The van der Waals surface area contributed by atoms with E-state index in [0.717, 1.165) is 160 Å². The molecule has 11 heteroatoms. The number of hydrogen-bond donors (Lipinski definition) is 0. The molecule has 0 unspecified atom stereocenters. The van der Waals surface area contributed by atoms with Crippen LogP contribution in [0.1, 0.15) is 0 Å². The highest BCUT2D eigenvalue weighted by atomic mass is 32.1. The molecule has 0 aliphatic heterocycles. The summed E-state index contributed by atoms with van der Waals surface area (Å²) in [6.07, 6.45) is 0. The first kappa shape index (κ1) is 77.6. The standard InChI is InChI=1S/C126H76N10S/c1-4-26-80(27-5-1)121-127-123(131-125(129-121)135-113-49-19-14-42-101(113)106-70-68-104-99-40-12-17-47-111(99)133(116(104)118(106)135)92-36-8-3-9-37-92)82-56-52-77(53-57-82)84-30-22-32-86(72-84)87-33-23-31-85(73-87)79-60-64-93(65-61-79)134-112-48-18-13-41-100(112)105-69-71-107-102-43-15-20-50-114(102)136(119(107)117(105)134)126-130-122(81-28-6-2-7-29-81)128-124(132-126)83-58-54-78(55-59-83)89-62-66-97-98-67-63-90(76-110(98)96-39-11-10-38-95(96)109(97)75-89)88-34-24-35-91(74-88)94-45-25-46-108-103-44-16-21-51-115(103)137-120(94)108/h1-76H. The topological polar surface area (TPSA) is 97.1 Å². The largest absolute Gasteiger partial charge is 0.307 e. The van der Waals surface area contributed by atoms with Crippen molar-refractivity contribution < 1.29 is 0 Å². The number of thiophene rings is 1. The Bertz CT molecular complexity index is 9820. The van der Waals surface area contributed by atoms with Gasteiger partial charge in [0, 0.05) is 96.9 Å². The predicted molar refractivity (Wildman–Crippen MR) is 570 cm³/mol. The summed E-state index contributed by atoms with van der Waals surface area (Å²) < 4.78 is 12.0. The summed E-state index contributed by atoms with van der Waals surface area (Å²) in [5, 5.41) is 19.0. The lowest BCUT2D eigenvalue weighted by Crippen LogP contribution is -2.07. The zero-order valence-corrected chi connectivity index (χ0v) is 74.6. The number of hydrogen-bond acceptors (Lipinski definition) is 7. The Morgan fingerprint density at radius 1 is 0.153 bits per heavy atom. The maximum Gasteiger partial charge on any atom is 0.238 e. The third-order valence-electron chi connectivity index (χ3n) is 27.9. The molecule has 7 heterocycles. The van der Waals surface area contributed by atoms with E-state index in [1.165, 1.54) is 80.1 Å². The van der Waals surface area contributed by atoms with E-state index in [1.807, 2.05) is 47.7 Å². The minimum Gasteiger partial charge on any atom is -0.307 e. The summed E-state index contributed by atoms with van der Waals surface area (Å²) in [7, 11) is 0. The van der Waals surface area contributed by atoms with Gasteiger partial charge in [-0.05, 0) is 184 Å². The smallest absolute Gasteiger partial charge is 0.238 e. The van der Waals surface area contributed by atoms with Crippen molar-refractivity contribution in [3.63, 3.8) is 0 Å². The number of rotatable bonds is 14. The molecule has 636 valence electrons. The average Bonchev–Trinajstić information content (AvgIpc) is 1.56. The number of aromatic nitrogens is 10.